The van der Waals surface area contributed by atoms with E-state index in [1.165, 1.54) is 11.3 Å². The minimum absolute atomic E-state index is 0.116. The summed E-state index contributed by atoms with van der Waals surface area (Å²) in [7, 11) is 0. The summed E-state index contributed by atoms with van der Waals surface area (Å²) in [6.07, 6.45) is 7.70. The van der Waals surface area contributed by atoms with Crippen LogP contribution in [0.4, 0.5) is 0 Å². The number of aromatic nitrogens is 4. The van der Waals surface area contributed by atoms with Crippen LogP contribution in [0.25, 0.3) is 10.2 Å². The smallest absolute Gasteiger partial charge is 0.348 e. The quantitative estimate of drug-likeness (QED) is 0.640. The number of thiophene rings is 1. The molecule has 0 aliphatic rings. The zero-order valence-corrected chi connectivity index (χ0v) is 14.4. The highest BCUT2D eigenvalue weighted by molar-refractivity contribution is 7.20. The summed E-state index contributed by atoms with van der Waals surface area (Å²) in [5.41, 5.74) is 0.532. The molecule has 3 heterocycles. The average molecular weight is 346 g/mol. The zero-order valence-electron chi connectivity index (χ0n) is 13.6. The van der Waals surface area contributed by atoms with Gasteiger partial charge < -0.3 is 9.30 Å². The lowest BCUT2D eigenvalue weighted by Crippen LogP contribution is -2.21. The molecule has 0 aliphatic carbocycles. The van der Waals surface area contributed by atoms with Gasteiger partial charge in [-0.15, -0.1) is 11.3 Å². The fourth-order valence-corrected chi connectivity index (χ4v) is 3.59. The van der Waals surface area contributed by atoms with Crippen molar-refractivity contribution in [1.29, 1.82) is 0 Å². The average Bonchev–Trinajstić information content (AvgIpc) is 3.18. The number of fused-ring (bicyclic) bond motifs is 1. The molecule has 0 amide bonds. The second-order valence-corrected chi connectivity index (χ2v) is 6.35. The monoisotopic (exact) mass is 346 g/mol. The molecule has 0 aliphatic heterocycles. The Balaban J connectivity index is 1.85. The number of nitrogens with zero attached hydrogens (tertiary/aromatic N) is 4. The molecule has 126 valence electrons. The number of carbonyl (C=O) groups excluding carboxylic acids is 1. The van der Waals surface area contributed by atoms with Gasteiger partial charge in [-0.05, 0) is 25.8 Å². The summed E-state index contributed by atoms with van der Waals surface area (Å²) < 4.78 is 8.60. The molecule has 3 aromatic rings. The van der Waals surface area contributed by atoms with Crippen molar-refractivity contribution in [2.24, 2.45) is 0 Å². The van der Waals surface area contributed by atoms with E-state index < -0.39 is 5.97 Å². The predicted molar refractivity (Wildman–Crippen MR) is 91.4 cm³/mol. The van der Waals surface area contributed by atoms with Gasteiger partial charge in [0.2, 0.25) is 0 Å². The Morgan fingerprint density at radius 1 is 1.33 bits per heavy atom. The van der Waals surface area contributed by atoms with Gasteiger partial charge in [0.1, 0.15) is 9.71 Å². The van der Waals surface area contributed by atoms with E-state index in [2.05, 4.69) is 9.97 Å². The fourth-order valence-electron chi connectivity index (χ4n) is 2.55. The molecule has 0 bridgehead atoms. The molecule has 0 fully saturated rings. The van der Waals surface area contributed by atoms with Gasteiger partial charge in [-0.2, -0.15) is 0 Å². The van der Waals surface area contributed by atoms with E-state index in [0.29, 0.717) is 33.8 Å². The minimum Gasteiger partial charge on any atom is -0.462 e. The third-order valence-electron chi connectivity index (χ3n) is 3.75. The summed E-state index contributed by atoms with van der Waals surface area (Å²) in [5, 5.41) is 0.508. The molecule has 0 aromatic carbocycles. The lowest BCUT2D eigenvalue weighted by molar-refractivity contribution is 0.0531. The minimum atomic E-state index is -0.399. The normalized spacial score (nSPS) is 11.1. The number of hydrogen-bond acceptors (Lipinski definition) is 6. The first-order valence-corrected chi connectivity index (χ1v) is 8.55. The van der Waals surface area contributed by atoms with E-state index in [1.54, 1.807) is 37.3 Å². The third-order valence-corrected chi connectivity index (χ3v) is 4.93. The number of carbonyl (C=O) groups is 1. The number of hydrogen-bond donors (Lipinski definition) is 0. The lowest BCUT2D eigenvalue weighted by atomic mass is 10.2. The molecule has 0 atom stereocenters. The molecule has 24 heavy (non-hydrogen) atoms. The van der Waals surface area contributed by atoms with Crippen LogP contribution in [0.5, 0.6) is 0 Å². The second-order valence-electron chi connectivity index (χ2n) is 5.35. The van der Waals surface area contributed by atoms with Gasteiger partial charge in [0.15, 0.2) is 0 Å². The molecule has 0 saturated heterocycles. The Kier molecular flexibility index (Phi) is 4.75. The molecule has 8 heteroatoms. The Bertz CT molecular complexity index is 911. The molecule has 0 saturated carbocycles. The van der Waals surface area contributed by atoms with Crippen LogP contribution in [0.3, 0.4) is 0 Å². The highest BCUT2D eigenvalue weighted by Crippen LogP contribution is 2.27. The predicted octanol–water partition coefficient (Wildman–Crippen LogP) is 2.23. The molecular weight excluding hydrogens is 328 g/mol. The van der Waals surface area contributed by atoms with Crippen molar-refractivity contribution in [3.05, 3.63) is 45.8 Å². The van der Waals surface area contributed by atoms with Gasteiger partial charge >= 0.3 is 5.97 Å². The Hall–Kier alpha value is -2.48. The Morgan fingerprint density at radius 3 is 2.88 bits per heavy atom. The van der Waals surface area contributed by atoms with Crippen LogP contribution < -0.4 is 5.56 Å². The Labute approximate surface area is 142 Å². The van der Waals surface area contributed by atoms with E-state index in [1.807, 2.05) is 10.8 Å². The summed E-state index contributed by atoms with van der Waals surface area (Å²) >= 11 is 1.21. The molecule has 3 aromatic heterocycles. The number of aryl methyl sites for hydroxylation is 3. The summed E-state index contributed by atoms with van der Waals surface area (Å²) in [6.45, 7) is 5.17. The molecule has 0 unspecified atom stereocenters. The number of ether oxygens (including phenoxy) is 1. The lowest BCUT2D eigenvalue weighted by Gasteiger charge is -2.06. The van der Waals surface area contributed by atoms with Crippen LogP contribution in [0.15, 0.2) is 29.8 Å². The van der Waals surface area contributed by atoms with Crippen LogP contribution in [0.2, 0.25) is 0 Å². The number of rotatable bonds is 6. The highest BCUT2D eigenvalue weighted by Gasteiger charge is 2.20. The van der Waals surface area contributed by atoms with Gasteiger partial charge in [-0.1, -0.05) is 0 Å². The van der Waals surface area contributed by atoms with Crippen molar-refractivity contribution >= 4 is 27.5 Å². The van der Waals surface area contributed by atoms with Gasteiger partial charge in [0, 0.05) is 25.5 Å². The zero-order chi connectivity index (χ0) is 17.1. The molecule has 0 radical (unpaired) electrons. The fraction of sp³-hybridized carbons (Fsp3) is 0.375. The maximum absolute atomic E-state index is 12.7. The van der Waals surface area contributed by atoms with Crippen molar-refractivity contribution in [1.82, 2.24) is 19.1 Å². The largest absolute Gasteiger partial charge is 0.462 e. The van der Waals surface area contributed by atoms with Crippen LogP contribution in [0, 0.1) is 6.92 Å². The third kappa shape index (κ3) is 3.09. The standard InChI is InChI=1S/C16H18N4O3S/c1-3-23-16(22)13-11(2)12-14(24-13)18-10-20(15(12)21)7-4-6-19-8-5-17-9-19/h5,8-10H,3-4,6-7H2,1-2H3. The van der Waals surface area contributed by atoms with Crippen molar-refractivity contribution < 1.29 is 9.53 Å². The van der Waals surface area contributed by atoms with E-state index in [0.717, 1.165) is 13.0 Å². The van der Waals surface area contributed by atoms with E-state index in [9.17, 15) is 9.59 Å². The van der Waals surface area contributed by atoms with Crippen molar-refractivity contribution in [2.45, 2.75) is 33.4 Å². The van der Waals surface area contributed by atoms with Gasteiger partial charge in [0.05, 0.1) is 24.6 Å². The molecule has 0 spiro atoms. The van der Waals surface area contributed by atoms with Crippen LogP contribution in [-0.4, -0.2) is 31.7 Å². The van der Waals surface area contributed by atoms with Crippen LogP contribution in [0.1, 0.15) is 28.6 Å². The van der Waals surface area contributed by atoms with Gasteiger partial charge in [-0.25, -0.2) is 14.8 Å². The summed E-state index contributed by atoms with van der Waals surface area (Å²) in [4.78, 5) is 34.0. The topological polar surface area (TPSA) is 79.0 Å². The maximum atomic E-state index is 12.7. The molecule has 7 nitrogen and oxygen atoms in total. The van der Waals surface area contributed by atoms with Gasteiger partial charge in [0.25, 0.3) is 5.56 Å². The maximum Gasteiger partial charge on any atom is 0.348 e. The summed E-state index contributed by atoms with van der Waals surface area (Å²) in [5.74, 6) is -0.399. The van der Waals surface area contributed by atoms with Crippen LogP contribution in [-0.2, 0) is 17.8 Å². The number of esters is 1. The highest BCUT2D eigenvalue weighted by atomic mass is 32.1. The van der Waals surface area contributed by atoms with Crippen molar-refractivity contribution in [2.75, 3.05) is 6.61 Å². The molecule has 0 N–H and O–H groups in total. The van der Waals surface area contributed by atoms with Crippen molar-refractivity contribution in [3.8, 4) is 0 Å². The Morgan fingerprint density at radius 2 is 2.17 bits per heavy atom. The first kappa shape index (κ1) is 16.4. The van der Waals surface area contributed by atoms with E-state index in [4.69, 9.17) is 4.74 Å². The van der Waals surface area contributed by atoms with E-state index in [-0.39, 0.29) is 5.56 Å². The first-order chi connectivity index (χ1) is 11.6. The van der Waals surface area contributed by atoms with E-state index >= 15 is 0 Å². The SMILES string of the molecule is CCOC(=O)c1sc2ncn(CCCn3ccnc3)c(=O)c2c1C. The van der Waals surface area contributed by atoms with Crippen molar-refractivity contribution in [3.63, 3.8) is 0 Å². The van der Waals surface area contributed by atoms with Crippen LogP contribution >= 0.6 is 11.3 Å². The second kappa shape index (κ2) is 6.96. The molecule has 3 rings (SSSR count). The first-order valence-electron chi connectivity index (χ1n) is 7.73. The van der Waals surface area contributed by atoms with Gasteiger partial charge in [-0.3, -0.25) is 9.36 Å². The summed E-state index contributed by atoms with van der Waals surface area (Å²) in [6, 6.07) is 0. The number of imidazole rings is 1. The molecular formula is C16H18N4O3S.